The van der Waals surface area contributed by atoms with E-state index < -0.39 is 17.4 Å². The quantitative estimate of drug-likeness (QED) is 0.552. The Kier molecular flexibility index (Phi) is 5.19. The molecule has 5 rings (SSSR count). The van der Waals surface area contributed by atoms with Crippen LogP contribution in [0.25, 0.3) is 10.9 Å². The molecule has 3 heterocycles. The van der Waals surface area contributed by atoms with Crippen LogP contribution in [0.5, 0.6) is 11.5 Å². The molecule has 0 radical (unpaired) electrons. The maximum atomic E-state index is 15.6. The van der Waals surface area contributed by atoms with Gasteiger partial charge in [-0.3, -0.25) is 14.5 Å². The lowest BCUT2D eigenvalue weighted by Crippen LogP contribution is -2.39. The molecule has 1 aromatic carbocycles. The van der Waals surface area contributed by atoms with Crippen molar-refractivity contribution in [1.29, 1.82) is 0 Å². The van der Waals surface area contributed by atoms with Gasteiger partial charge in [-0.25, -0.2) is 9.18 Å². The predicted molar refractivity (Wildman–Crippen MR) is 122 cm³/mol. The summed E-state index contributed by atoms with van der Waals surface area (Å²) in [6.07, 6.45) is 4.12. The Bertz CT molecular complexity index is 1220. The first kappa shape index (κ1) is 21.6. The van der Waals surface area contributed by atoms with Crippen molar-refractivity contribution in [2.75, 3.05) is 57.4 Å². The third-order valence-electron chi connectivity index (χ3n) is 6.78. The van der Waals surface area contributed by atoms with E-state index >= 15 is 4.39 Å². The number of aromatic nitrogens is 1. The van der Waals surface area contributed by atoms with Gasteiger partial charge in [0.15, 0.2) is 18.3 Å². The summed E-state index contributed by atoms with van der Waals surface area (Å²) in [6.45, 7) is 2.39. The molecule has 1 aliphatic carbocycles. The van der Waals surface area contributed by atoms with E-state index in [1.165, 1.54) is 11.8 Å². The monoisotopic (exact) mass is 458 g/mol. The molecule has 1 saturated heterocycles. The number of allylic oxidation sites excluding steroid dienone is 1. The van der Waals surface area contributed by atoms with E-state index in [4.69, 9.17) is 9.84 Å². The molecular weight excluding hydrogens is 431 g/mol. The molecule has 0 bridgehead atoms. The molecule has 3 aliphatic rings. The number of hydrogen-bond acceptors (Lipinski definition) is 7. The molecule has 0 spiro atoms. The first-order chi connectivity index (χ1) is 15.7. The lowest BCUT2D eigenvalue weighted by molar-refractivity contribution is 0.143. The van der Waals surface area contributed by atoms with Crippen molar-refractivity contribution < 1.29 is 23.8 Å². The molecule has 0 amide bonds. The summed E-state index contributed by atoms with van der Waals surface area (Å²) in [5.74, 6) is 0.201. The summed E-state index contributed by atoms with van der Waals surface area (Å²) < 4.78 is 27.8. The number of hydrogen-bond donors (Lipinski definition) is 1. The van der Waals surface area contributed by atoms with Gasteiger partial charge in [0.1, 0.15) is 11.2 Å². The number of carbonyl (C=O) groups is 1. The number of carboxylic acid groups (broad SMARTS) is 1. The number of ether oxygens (including phenoxy) is 2. The second-order valence-electron chi connectivity index (χ2n) is 9.26. The van der Waals surface area contributed by atoms with Gasteiger partial charge in [0.25, 0.3) is 0 Å². The number of anilines is 1. The number of fused-ring (bicyclic) bond motifs is 1. The second kappa shape index (κ2) is 7.95. The highest BCUT2D eigenvalue weighted by molar-refractivity contribution is 5.93. The minimum atomic E-state index is -1.61. The fraction of sp³-hybridized carbons (Fsp3) is 0.478. The number of benzene rings is 1. The van der Waals surface area contributed by atoms with Gasteiger partial charge in [0.2, 0.25) is 11.2 Å². The van der Waals surface area contributed by atoms with E-state index in [0.717, 1.165) is 25.5 Å². The maximum Gasteiger partial charge on any atom is 0.511 e. The molecule has 2 aromatic rings. The average Bonchev–Trinajstić information content (AvgIpc) is 3.17. The van der Waals surface area contributed by atoms with Crippen LogP contribution in [0.15, 0.2) is 28.7 Å². The minimum absolute atomic E-state index is 0.0119. The van der Waals surface area contributed by atoms with Gasteiger partial charge >= 0.3 is 6.16 Å². The van der Waals surface area contributed by atoms with E-state index in [0.29, 0.717) is 41.9 Å². The Morgan fingerprint density at radius 1 is 1.39 bits per heavy atom. The predicted octanol–water partition coefficient (Wildman–Crippen LogP) is 2.45. The van der Waals surface area contributed by atoms with Crippen molar-refractivity contribution in [3.8, 4) is 11.5 Å². The normalized spacial score (nSPS) is 21.8. The highest BCUT2D eigenvalue weighted by atomic mass is 19.1. The number of rotatable bonds is 4. The van der Waals surface area contributed by atoms with E-state index in [-0.39, 0.29) is 17.9 Å². The zero-order valence-corrected chi connectivity index (χ0v) is 18.9. The van der Waals surface area contributed by atoms with Crippen LogP contribution in [-0.2, 0) is 0 Å². The maximum absolute atomic E-state index is 15.6. The topological polar surface area (TPSA) is 87.5 Å². The second-order valence-corrected chi connectivity index (χ2v) is 9.26. The molecule has 9 nitrogen and oxygen atoms in total. The fourth-order valence-corrected chi connectivity index (χ4v) is 5.43. The van der Waals surface area contributed by atoms with Crippen LogP contribution in [-0.4, -0.2) is 68.3 Å². The van der Waals surface area contributed by atoms with Crippen molar-refractivity contribution in [2.24, 2.45) is 11.8 Å². The van der Waals surface area contributed by atoms with E-state index in [9.17, 15) is 9.59 Å². The highest BCUT2D eigenvalue weighted by Gasteiger charge is 2.39. The average molecular weight is 458 g/mol. The van der Waals surface area contributed by atoms with Gasteiger partial charge in [0, 0.05) is 32.6 Å². The van der Waals surface area contributed by atoms with Crippen molar-refractivity contribution in [3.63, 3.8) is 0 Å². The Balaban J connectivity index is 1.62. The van der Waals surface area contributed by atoms with E-state index in [1.807, 2.05) is 4.90 Å². The van der Waals surface area contributed by atoms with Gasteiger partial charge < -0.3 is 24.4 Å². The summed E-state index contributed by atoms with van der Waals surface area (Å²) >= 11 is 0. The molecule has 33 heavy (non-hydrogen) atoms. The summed E-state index contributed by atoms with van der Waals surface area (Å²) in [6, 6.07) is 1.16. The molecule has 0 saturated carbocycles. The van der Waals surface area contributed by atoms with E-state index in [2.05, 4.69) is 29.8 Å². The molecule has 2 atom stereocenters. The summed E-state index contributed by atoms with van der Waals surface area (Å²) in [4.78, 5) is 28.1. The largest absolute Gasteiger partial charge is 0.511 e. The zero-order valence-electron chi connectivity index (χ0n) is 18.9. The molecular formula is C23H27FN4O5. The number of nitrogens with zero attached hydrogens (tertiary/aromatic N) is 4. The van der Waals surface area contributed by atoms with Gasteiger partial charge in [-0.05, 0) is 44.5 Å². The van der Waals surface area contributed by atoms with Crippen LogP contribution in [0.4, 0.5) is 14.9 Å². The van der Waals surface area contributed by atoms with Crippen LogP contribution in [0, 0.1) is 17.7 Å². The van der Waals surface area contributed by atoms with Crippen LogP contribution in [0.3, 0.4) is 0 Å². The molecule has 2 unspecified atom stereocenters. The SMILES string of the molecule is CN(C)CC1CCC=C2CN(c3c(F)cc4c(=O)c(OC(=O)O)cn5c4c3OCN5C)CC21. The summed E-state index contributed by atoms with van der Waals surface area (Å²) in [5, 5.41) is 10.7. The first-order valence-corrected chi connectivity index (χ1v) is 11.0. The third kappa shape index (κ3) is 3.58. The van der Waals surface area contributed by atoms with Crippen molar-refractivity contribution in [1.82, 2.24) is 9.58 Å². The Hall–Kier alpha value is -3.27. The van der Waals surface area contributed by atoms with Gasteiger partial charge in [-0.15, -0.1) is 0 Å². The van der Waals surface area contributed by atoms with Crippen LogP contribution >= 0.6 is 0 Å². The van der Waals surface area contributed by atoms with Gasteiger partial charge in [-0.1, -0.05) is 6.08 Å². The molecule has 2 aliphatic heterocycles. The van der Waals surface area contributed by atoms with Crippen molar-refractivity contribution in [2.45, 2.75) is 12.8 Å². The number of pyridine rings is 1. The van der Waals surface area contributed by atoms with Crippen molar-refractivity contribution >= 4 is 22.7 Å². The number of halogens is 1. The van der Waals surface area contributed by atoms with Crippen LogP contribution in [0.1, 0.15) is 12.8 Å². The third-order valence-corrected chi connectivity index (χ3v) is 6.78. The summed E-state index contributed by atoms with van der Waals surface area (Å²) in [7, 11) is 5.87. The van der Waals surface area contributed by atoms with Crippen molar-refractivity contribution in [3.05, 3.63) is 40.0 Å². The minimum Gasteiger partial charge on any atom is -0.467 e. The molecule has 10 heteroatoms. The van der Waals surface area contributed by atoms with Crippen LogP contribution < -0.4 is 24.8 Å². The Morgan fingerprint density at radius 3 is 2.91 bits per heavy atom. The smallest absolute Gasteiger partial charge is 0.467 e. The molecule has 1 fully saturated rings. The van der Waals surface area contributed by atoms with Crippen LogP contribution in [0.2, 0.25) is 0 Å². The highest BCUT2D eigenvalue weighted by Crippen LogP contribution is 2.45. The summed E-state index contributed by atoms with van der Waals surface area (Å²) in [5.41, 5.74) is 1.37. The fourth-order valence-electron chi connectivity index (χ4n) is 5.43. The Labute approximate surface area is 190 Å². The Morgan fingerprint density at radius 2 is 2.18 bits per heavy atom. The molecule has 1 N–H and O–H groups in total. The molecule has 1 aromatic heterocycles. The lowest BCUT2D eigenvalue weighted by atomic mass is 9.80. The first-order valence-electron chi connectivity index (χ1n) is 11.0. The zero-order chi connectivity index (χ0) is 23.4. The van der Waals surface area contributed by atoms with Gasteiger partial charge in [-0.2, -0.15) is 0 Å². The lowest BCUT2D eigenvalue weighted by Gasteiger charge is -2.33. The van der Waals surface area contributed by atoms with E-state index in [1.54, 1.807) is 16.7 Å². The molecule has 176 valence electrons. The van der Waals surface area contributed by atoms with Gasteiger partial charge in [0.05, 0.1) is 11.6 Å². The standard InChI is InChI=1S/C23H27FN4O5/c1-25(2)8-13-5-4-6-14-9-27(10-16(13)14)20-17(24)7-15-19-22(20)32-12-26(3)28(19)11-18(21(15)29)33-23(30)31/h6-7,11,13,16H,4-5,8-10,12H2,1-3H3,(H,30,31).